The van der Waals surface area contributed by atoms with Crippen LogP contribution in [0.15, 0.2) is 18.2 Å². The third-order valence-electron chi connectivity index (χ3n) is 2.97. The number of hydrogen-bond acceptors (Lipinski definition) is 2. The Morgan fingerprint density at radius 1 is 1.10 bits per heavy atom. The highest BCUT2D eigenvalue weighted by Crippen LogP contribution is 2.61. The van der Waals surface area contributed by atoms with Crippen LogP contribution in [0.4, 0.5) is 0 Å². The van der Waals surface area contributed by atoms with E-state index in [4.69, 9.17) is 0 Å². The molecule has 0 saturated carbocycles. The molecule has 6 heteroatoms. The second-order valence-electron chi connectivity index (χ2n) is 7.40. The normalized spacial score (nSPS) is 13.1. The van der Waals surface area contributed by atoms with Crippen molar-refractivity contribution < 1.29 is 9.36 Å². The fourth-order valence-electron chi connectivity index (χ4n) is 1.89. The summed E-state index contributed by atoms with van der Waals surface area (Å²) < 4.78 is 12.5. The van der Waals surface area contributed by atoms with E-state index in [1.165, 1.54) is 0 Å². The lowest BCUT2D eigenvalue weighted by Gasteiger charge is -2.25. The van der Waals surface area contributed by atoms with Crippen molar-refractivity contribution in [1.29, 1.82) is 0 Å². The van der Waals surface area contributed by atoms with Gasteiger partial charge in [-0.1, -0.05) is 44.7 Å². The second-order valence-corrected chi connectivity index (χ2v) is 15.7. The lowest BCUT2D eigenvalue weighted by atomic mass is 9.86. The number of nitrogens with one attached hydrogen (secondary N) is 1. The SMILES string of the molecule is CC(C)(C)NC(=O)c1ccc(C(C)(C)C)cc1P(=O)(P)P. The van der Waals surface area contributed by atoms with Crippen LogP contribution in [0, 0.1) is 0 Å². The maximum absolute atomic E-state index is 12.5. The summed E-state index contributed by atoms with van der Waals surface area (Å²) >= 11 is 0. The van der Waals surface area contributed by atoms with E-state index in [2.05, 4.69) is 43.9 Å². The highest BCUT2D eigenvalue weighted by atomic mass is 32.4. The van der Waals surface area contributed by atoms with Crippen molar-refractivity contribution in [2.24, 2.45) is 0 Å². The molecule has 21 heavy (non-hydrogen) atoms. The number of carbonyl (C=O) groups excluding carboxylic acids is 1. The zero-order valence-corrected chi connectivity index (χ0v) is 16.9. The molecule has 1 rings (SSSR count). The molecule has 0 aliphatic carbocycles. The summed E-state index contributed by atoms with van der Waals surface area (Å²) in [5.74, 6) is -0.192. The molecule has 0 aliphatic heterocycles. The van der Waals surface area contributed by atoms with Crippen LogP contribution in [0.1, 0.15) is 57.5 Å². The number of hydrogen-bond donors (Lipinski definition) is 1. The molecule has 1 N–H and O–H groups in total. The summed E-state index contributed by atoms with van der Waals surface area (Å²) in [7, 11) is 4.73. The summed E-state index contributed by atoms with van der Waals surface area (Å²) in [5.41, 5.74) is 1.15. The fraction of sp³-hybridized carbons (Fsp3) is 0.533. The van der Waals surface area contributed by atoms with Gasteiger partial charge in [-0.15, -0.1) is 0 Å². The Balaban J connectivity index is 3.40. The summed E-state index contributed by atoms with van der Waals surface area (Å²) in [6.07, 6.45) is 0. The highest BCUT2D eigenvalue weighted by molar-refractivity contribution is 8.50. The predicted molar refractivity (Wildman–Crippen MR) is 99.0 cm³/mol. The van der Waals surface area contributed by atoms with Crippen molar-refractivity contribution in [1.82, 2.24) is 5.32 Å². The van der Waals surface area contributed by atoms with Gasteiger partial charge in [-0.05, 0) is 43.9 Å². The topological polar surface area (TPSA) is 46.2 Å². The van der Waals surface area contributed by atoms with Gasteiger partial charge in [-0.25, -0.2) is 0 Å². The number of benzene rings is 1. The molecule has 0 saturated heterocycles. The lowest BCUT2D eigenvalue weighted by Crippen LogP contribution is -2.42. The Hall–Kier alpha value is -0.220. The molecule has 2 atom stereocenters. The zero-order chi connectivity index (χ0) is 16.6. The first-order valence-electron chi connectivity index (χ1n) is 6.86. The first-order valence-corrected chi connectivity index (χ1v) is 11.8. The van der Waals surface area contributed by atoms with E-state index in [1.807, 2.05) is 32.9 Å². The molecule has 3 nitrogen and oxygen atoms in total. The molecule has 0 aliphatic rings. The smallest absolute Gasteiger partial charge is 0.252 e. The zero-order valence-electron chi connectivity index (χ0n) is 13.7. The molecule has 1 aromatic rings. The van der Waals surface area contributed by atoms with Gasteiger partial charge >= 0.3 is 0 Å². The molecule has 118 valence electrons. The van der Waals surface area contributed by atoms with Crippen molar-refractivity contribution in [2.75, 3.05) is 0 Å². The number of rotatable bonds is 2. The molecule has 1 aromatic carbocycles. The Kier molecular flexibility index (Phi) is 5.48. The summed E-state index contributed by atoms with van der Waals surface area (Å²) in [6.45, 7) is 9.36. The van der Waals surface area contributed by atoms with E-state index >= 15 is 0 Å². The van der Waals surface area contributed by atoms with Crippen molar-refractivity contribution >= 4 is 35.6 Å². The number of amides is 1. The summed E-state index contributed by atoms with van der Waals surface area (Å²) in [4.78, 5) is 12.4. The van der Waals surface area contributed by atoms with E-state index < -0.39 is 6.52 Å². The van der Waals surface area contributed by atoms with Crippen LogP contribution in [-0.2, 0) is 9.98 Å². The van der Waals surface area contributed by atoms with Gasteiger partial charge in [-0.3, -0.25) is 4.79 Å². The van der Waals surface area contributed by atoms with Crippen LogP contribution in [0.25, 0.3) is 0 Å². The average Bonchev–Trinajstić information content (AvgIpc) is 2.23. The molecule has 0 bridgehead atoms. The monoisotopic (exact) mass is 345 g/mol. The minimum absolute atomic E-state index is 0.0573. The van der Waals surface area contributed by atoms with E-state index in [1.54, 1.807) is 6.07 Å². The molecule has 0 fully saturated rings. The molecule has 2 unspecified atom stereocenters. The Morgan fingerprint density at radius 3 is 2.00 bits per heavy atom. The van der Waals surface area contributed by atoms with Crippen LogP contribution in [0.2, 0.25) is 0 Å². The Morgan fingerprint density at radius 2 is 1.62 bits per heavy atom. The molecular weight excluding hydrogens is 319 g/mol. The van der Waals surface area contributed by atoms with Gasteiger partial charge in [0.25, 0.3) is 5.91 Å². The van der Waals surface area contributed by atoms with Crippen LogP contribution in [0.3, 0.4) is 0 Å². The van der Waals surface area contributed by atoms with Gasteiger partial charge in [0, 0.05) is 10.8 Å². The Labute approximate surface area is 132 Å². The second kappa shape index (κ2) is 6.11. The first-order chi connectivity index (χ1) is 9.22. The van der Waals surface area contributed by atoms with Crippen LogP contribution in [0.5, 0.6) is 0 Å². The maximum atomic E-state index is 12.5. The quantitative estimate of drug-likeness (QED) is 0.821. The van der Waals surface area contributed by atoms with Gasteiger partial charge in [0.15, 0.2) is 0 Å². The van der Waals surface area contributed by atoms with Gasteiger partial charge in [0.05, 0.1) is 5.56 Å². The Bertz CT molecular complexity index is 592. The maximum Gasteiger partial charge on any atom is 0.252 e. The first kappa shape index (κ1) is 18.8. The summed E-state index contributed by atoms with van der Waals surface area (Å²) in [6, 6.07) is 5.60. The average molecular weight is 345 g/mol. The van der Waals surface area contributed by atoms with Gasteiger partial charge < -0.3 is 9.88 Å². The van der Waals surface area contributed by atoms with Gasteiger partial charge in [-0.2, -0.15) is 0 Å². The van der Waals surface area contributed by atoms with Crippen molar-refractivity contribution in [2.45, 2.75) is 52.5 Å². The van der Waals surface area contributed by atoms with Gasteiger partial charge in [0.1, 0.15) is 6.52 Å². The van der Waals surface area contributed by atoms with Crippen molar-refractivity contribution in [3.8, 4) is 0 Å². The van der Waals surface area contributed by atoms with E-state index in [9.17, 15) is 9.36 Å². The molecule has 0 spiro atoms. The molecule has 0 heterocycles. The minimum Gasteiger partial charge on any atom is -0.347 e. The fourth-order valence-corrected chi connectivity index (χ4v) is 4.06. The van der Waals surface area contributed by atoms with Gasteiger partial charge in [0.2, 0.25) is 0 Å². The van der Waals surface area contributed by atoms with Crippen molar-refractivity contribution in [3.05, 3.63) is 29.3 Å². The molecule has 0 aromatic heterocycles. The molecule has 0 radical (unpaired) electrons. The van der Waals surface area contributed by atoms with E-state index in [0.29, 0.717) is 10.9 Å². The minimum atomic E-state index is -2.70. The van der Waals surface area contributed by atoms with E-state index in [0.717, 1.165) is 5.56 Å². The van der Waals surface area contributed by atoms with Crippen LogP contribution in [-0.4, -0.2) is 11.4 Å². The third kappa shape index (κ3) is 5.48. The lowest BCUT2D eigenvalue weighted by molar-refractivity contribution is 0.0920. The largest absolute Gasteiger partial charge is 0.347 e. The van der Waals surface area contributed by atoms with Crippen LogP contribution >= 0.6 is 24.4 Å². The predicted octanol–water partition coefficient (Wildman–Crippen LogP) is 4.08. The summed E-state index contributed by atoms with van der Waals surface area (Å²) in [5, 5.41) is 3.52. The number of carbonyl (C=O) groups is 1. The molecular formula is C15H26NO2P3. The molecule has 1 amide bonds. The van der Waals surface area contributed by atoms with Crippen molar-refractivity contribution in [3.63, 3.8) is 0 Å². The third-order valence-corrected chi connectivity index (χ3v) is 5.77. The van der Waals surface area contributed by atoms with Crippen LogP contribution < -0.4 is 10.6 Å². The highest BCUT2D eigenvalue weighted by Gasteiger charge is 2.26. The van der Waals surface area contributed by atoms with E-state index in [-0.39, 0.29) is 16.9 Å². The standard InChI is InChI=1S/C15H26NO2P3/c1-14(2,3)10-7-8-11(12(9-10)21(18,19)20)13(17)16-15(4,5)6/h7-9H,19-20H2,1-6H3,(H,16,17).